The number of aryl methyl sites for hydroxylation is 1. The fourth-order valence-electron chi connectivity index (χ4n) is 2.73. The normalized spacial score (nSPS) is 18.5. The van der Waals surface area contributed by atoms with Crippen LogP contribution in [-0.2, 0) is 16.6 Å². The van der Waals surface area contributed by atoms with Crippen LogP contribution in [0.2, 0.25) is 0 Å². The van der Waals surface area contributed by atoms with E-state index in [-0.39, 0.29) is 10.9 Å². The molecule has 1 saturated carbocycles. The molecule has 0 aliphatic heterocycles. The Balaban J connectivity index is 2.00. The van der Waals surface area contributed by atoms with Gasteiger partial charge in [0.15, 0.2) is 0 Å². The zero-order chi connectivity index (χ0) is 14.6. The van der Waals surface area contributed by atoms with Crippen LogP contribution in [0.4, 0.5) is 0 Å². The molecule has 0 amide bonds. The number of nitrogens with two attached hydrogens (primary N) is 1. The van der Waals surface area contributed by atoms with E-state index in [1.165, 1.54) is 19.0 Å². The van der Waals surface area contributed by atoms with Crippen LogP contribution in [0.5, 0.6) is 0 Å². The molecule has 1 aromatic rings. The van der Waals surface area contributed by atoms with Crippen molar-refractivity contribution in [2.24, 2.45) is 11.7 Å². The standard InChI is InChI=1S/C13H24N4O2S/c1-11(12-5-2-3-6-12)16-20(18,19)13-9-15-17(10-13)8-4-7-14/h9-12,16H,2-8,14H2,1H3. The van der Waals surface area contributed by atoms with E-state index < -0.39 is 10.0 Å². The molecule has 1 aromatic heterocycles. The van der Waals surface area contributed by atoms with Gasteiger partial charge in [0.1, 0.15) is 4.90 Å². The summed E-state index contributed by atoms with van der Waals surface area (Å²) >= 11 is 0. The largest absolute Gasteiger partial charge is 0.330 e. The van der Waals surface area contributed by atoms with Crippen LogP contribution in [0.3, 0.4) is 0 Å². The first kappa shape index (κ1) is 15.5. The highest BCUT2D eigenvalue weighted by Crippen LogP contribution is 2.28. The monoisotopic (exact) mass is 300 g/mol. The van der Waals surface area contributed by atoms with Gasteiger partial charge in [0.05, 0.1) is 6.20 Å². The summed E-state index contributed by atoms with van der Waals surface area (Å²) in [6.45, 7) is 3.16. The highest BCUT2D eigenvalue weighted by atomic mass is 32.2. The van der Waals surface area contributed by atoms with Gasteiger partial charge in [-0.05, 0) is 38.6 Å². The highest BCUT2D eigenvalue weighted by Gasteiger charge is 2.26. The Morgan fingerprint density at radius 1 is 1.50 bits per heavy atom. The number of rotatable bonds is 7. The van der Waals surface area contributed by atoms with E-state index in [0.29, 0.717) is 19.0 Å². The lowest BCUT2D eigenvalue weighted by Gasteiger charge is -2.19. The predicted molar refractivity (Wildman–Crippen MR) is 77.6 cm³/mol. The van der Waals surface area contributed by atoms with Crippen molar-refractivity contribution >= 4 is 10.0 Å². The molecule has 114 valence electrons. The topological polar surface area (TPSA) is 90.0 Å². The smallest absolute Gasteiger partial charge is 0.243 e. The third-order valence-electron chi connectivity index (χ3n) is 3.96. The number of sulfonamides is 1. The third kappa shape index (κ3) is 3.80. The molecule has 7 heteroatoms. The van der Waals surface area contributed by atoms with Crippen molar-refractivity contribution in [2.45, 2.75) is 56.5 Å². The molecule has 1 fully saturated rings. The number of nitrogens with one attached hydrogen (secondary N) is 1. The molecule has 0 saturated heterocycles. The lowest BCUT2D eigenvalue weighted by Crippen LogP contribution is -2.37. The molecule has 1 heterocycles. The Morgan fingerprint density at radius 3 is 2.85 bits per heavy atom. The second-order valence-electron chi connectivity index (χ2n) is 5.54. The summed E-state index contributed by atoms with van der Waals surface area (Å²) in [7, 11) is -3.47. The molecule has 2 rings (SSSR count). The van der Waals surface area contributed by atoms with Gasteiger partial charge in [-0.1, -0.05) is 12.8 Å². The summed E-state index contributed by atoms with van der Waals surface area (Å²) in [5.74, 6) is 0.456. The first-order chi connectivity index (χ1) is 9.53. The maximum Gasteiger partial charge on any atom is 0.243 e. The first-order valence-corrected chi connectivity index (χ1v) is 8.76. The van der Waals surface area contributed by atoms with Crippen molar-refractivity contribution in [3.63, 3.8) is 0 Å². The van der Waals surface area contributed by atoms with Crippen molar-refractivity contribution in [3.8, 4) is 0 Å². The van der Waals surface area contributed by atoms with Gasteiger partial charge in [0.25, 0.3) is 0 Å². The van der Waals surface area contributed by atoms with Crippen molar-refractivity contribution in [2.75, 3.05) is 6.54 Å². The molecule has 1 unspecified atom stereocenters. The third-order valence-corrected chi connectivity index (χ3v) is 5.47. The Morgan fingerprint density at radius 2 is 2.20 bits per heavy atom. The lowest BCUT2D eigenvalue weighted by atomic mass is 10.0. The fourth-order valence-corrected chi connectivity index (χ4v) is 3.99. The van der Waals surface area contributed by atoms with E-state index in [0.717, 1.165) is 19.3 Å². The minimum Gasteiger partial charge on any atom is -0.330 e. The molecular weight excluding hydrogens is 276 g/mol. The van der Waals surface area contributed by atoms with E-state index in [2.05, 4.69) is 9.82 Å². The summed E-state index contributed by atoms with van der Waals surface area (Å²) in [5.41, 5.74) is 5.43. The summed E-state index contributed by atoms with van der Waals surface area (Å²) in [6, 6.07) is -0.0186. The van der Waals surface area contributed by atoms with Gasteiger partial charge in [-0.15, -0.1) is 0 Å². The highest BCUT2D eigenvalue weighted by molar-refractivity contribution is 7.89. The molecule has 0 aromatic carbocycles. The number of aromatic nitrogens is 2. The lowest BCUT2D eigenvalue weighted by molar-refractivity contribution is 0.424. The van der Waals surface area contributed by atoms with Crippen molar-refractivity contribution in [1.82, 2.24) is 14.5 Å². The molecule has 1 aliphatic carbocycles. The molecule has 1 atom stereocenters. The van der Waals surface area contributed by atoms with Crippen molar-refractivity contribution < 1.29 is 8.42 Å². The van der Waals surface area contributed by atoms with Gasteiger partial charge in [-0.3, -0.25) is 4.68 Å². The maximum absolute atomic E-state index is 12.3. The Bertz CT molecular complexity index is 520. The van der Waals surface area contributed by atoms with Gasteiger partial charge >= 0.3 is 0 Å². The second-order valence-corrected chi connectivity index (χ2v) is 7.25. The van der Waals surface area contributed by atoms with Gasteiger partial charge in [-0.2, -0.15) is 5.10 Å². The van der Waals surface area contributed by atoms with E-state index in [4.69, 9.17) is 5.73 Å². The van der Waals surface area contributed by atoms with Gasteiger partial charge in [0, 0.05) is 18.8 Å². The van der Waals surface area contributed by atoms with E-state index in [1.807, 2.05) is 6.92 Å². The van der Waals surface area contributed by atoms with E-state index in [1.54, 1.807) is 10.9 Å². The average Bonchev–Trinajstić information content (AvgIpc) is 3.07. The number of hydrogen-bond donors (Lipinski definition) is 2. The van der Waals surface area contributed by atoms with Gasteiger partial charge in [0.2, 0.25) is 10.0 Å². The Hall–Kier alpha value is -0.920. The van der Waals surface area contributed by atoms with E-state index >= 15 is 0 Å². The maximum atomic E-state index is 12.3. The first-order valence-electron chi connectivity index (χ1n) is 7.28. The quantitative estimate of drug-likeness (QED) is 0.788. The SMILES string of the molecule is CC(NS(=O)(=O)c1cnn(CCCN)c1)C1CCCC1. The van der Waals surface area contributed by atoms with Crippen molar-refractivity contribution in [1.29, 1.82) is 0 Å². The zero-order valence-corrected chi connectivity index (χ0v) is 12.8. The van der Waals surface area contributed by atoms with Gasteiger partial charge in [-0.25, -0.2) is 13.1 Å². The van der Waals surface area contributed by atoms with Crippen LogP contribution in [-0.4, -0.2) is 30.8 Å². The van der Waals surface area contributed by atoms with Crippen molar-refractivity contribution in [3.05, 3.63) is 12.4 Å². The van der Waals surface area contributed by atoms with Crippen LogP contribution in [0.15, 0.2) is 17.3 Å². The zero-order valence-electron chi connectivity index (χ0n) is 12.0. The summed E-state index contributed by atoms with van der Waals surface area (Å²) < 4.78 is 29.0. The number of nitrogens with zero attached hydrogens (tertiary/aromatic N) is 2. The minimum atomic E-state index is -3.47. The molecule has 3 N–H and O–H groups in total. The van der Waals surface area contributed by atoms with Crippen LogP contribution in [0.25, 0.3) is 0 Å². The minimum absolute atomic E-state index is 0.0186. The van der Waals surface area contributed by atoms with Gasteiger partial charge < -0.3 is 5.73 Å². The number of hydrogen-bond acceptors (Lipinski definition) is 4. The molecule has 1 aliphatic rings. The molecule has 0 bridgehead atoms. The Labute approximate surface area is 120 Å². The van der Waals surface area contributed by atoms with Crippen LogP contribution in [0, 0.1) is 5.92 Å². The Kier molecular flexibility index (Phi) is 5.17. The second kappa shape index (κ2) is 6.69. The van der Waals surface area contributed by atoms with Crippen LogP contribution in [0.1, 0.15) is 39.0 Å². The average molecular weight is 300 g/mol. The fraction of sp³-hybridized carbons (Fsp3) is 0.769. The van der Waals surface area contributed by atoms with E-state index in [9.17, 15) is 8.42 Å². The summed E-state index contributed by atoms with van der Waals surface area (Å²) in [5, 5.41) is 4.07. The summed E-state index contributed by atoms with van der Waals surface area (Å²) in [6.07, 6.45) is 8.38. The van der Waals surface area contributed by atoms with Crippen LogP contribution < -0.4 is 10.5 Å². The summed E-state index contributed by atoms with van der Waals surface area (Å²) in [4.78, 5) is 0.236. The molecular formula is C13H24N4O2S. The molecule has 6 nitrogen and oxygen atoms in total. The molecule has 0 spiro atoms. The molecule has 20 heavy (non-hydrogen) atoms. The predicted octanol–water partition coefficient (Wildman–Crippen LogP) is 1.09. The molecule has 0 radical (unpaired) electrons. The van der Waals surface area contributed by atoms with Crippen LogP contribution >= 0.6 is 0 Å².